The van der Waals surface area contributed by atoms with Crippen molar-refractivity contribution in [2.75, 3.05) is 16.0 Å². The molecule has 1 unspecified atom stereocenters. The third kappa shape index (κ3) is 5.61. The lowest BCUT2D eigenvalue weighted by molar-refractivity contribution is 0.0974. The van der Waals surface area contributed by atoms with Crippen molar-refractivity contribution in [2.45, 2.75) is 46.8 Å². The summed E-state index contributed by atoms with van der Waals surface area (Å²) in [5.41, 5.74) is 0.295. The zero-order valence-electron chi connectivity index (χ0n) is 25.1. The summed E-state index contributed by atoms with van der Waals surface area (Å²) < 4.78 is 55.9. The first kappa shape index (κ1) is 30.2. The van der Waals surface area contributed by atoms with E-state index in [0.29, 0.717) is 5.56 Å². The average Bonchev–Trinajstić information content (AvgIpc) is 3.20. The van der Waals surface area contributed by atoms with Gasteiger partial charge in [0.2, 0.25) is 0 Å². The number of aryl methyl sites for hydroxylation is 2. The minimum atomic E-state index is -4.10. The molecule has 12 heteroatoms. The zero-order chi connectivity index (χ0) is 32.3. The number of carbonyl (C=O) groups excluding carboxylic acids is 1. The molecule has 0 fully saturated rings. The number of hydrogen-bond donors (Lipinski definition) is 3. The number of hydrogen-bond acceptors (Lipinski definition) is 9. The molecule has 45 heavy (non-hydrogen) atoms. The largest absolute Gasteiger partial charge is 0.508 e. The Morgan fingerprint density at radius 3 is 2.58 bits per heavy atom. The first-order chi connectivity index (χ1) is 21.2. The Labute approximate surface area is 259 Å². The van der Waals surface area contributed by atoms with Gasteiger partial charge in [-0.05, 0) is 60.7 Å². The first-order valence-corrected chi connectivity index (χ1v) is 15.9. The van der Waals surface area contributed by atoms with Crippen molar-refractivity contribution >= 4 is 27.1 Å². The average molecular weight is 634 g/mol. The Morgan fingerprint density at radius 2 is 1.89 bits per heavy atom. The maximum atomic E-state index is 16.3. The number of amides is 1. The smallest absolute Gasteiger partial charge is 0.281 e. The van der Waals surface area contributed by atoms with Crippen LogP contribution in [0.2, 0.25) is 0 Å². The van der Waals surface area contributed by atoms with Gasteiger partial charge >= 0.3 is 0 Å². The summed E-state index contributed by atoms with van der Waals surface area (Å²) in [5, 5.41) is 23.8. The molecule has 0 radical (unpaired) electrons. The van der Waals surface area contributed by atoms with E-state index in [0.717, 1.165) is 11.0 Å². The van der Waals surface area contributed by atoms with E-state index in [2.05, 4.69) is 10.3 Å². The summed E-state index contributed by atoms with van der Waals surface area (Å²) in [6, 6.07) is 13.5. The molecule has 1 amide bonds. The predicted molar refractivity (Wildman–Crippen MR) is 165 cm³/mol. The number of ether oxygens (including phenoxy) is 1. The molecule has 10 nitrogen and oxygen atoms in total. The van der Waals surface area contributed by atoms with Crippen LogP contribution in [0.5, 0.6) is 17.2 Å². The van der Waals surface area contributed by atoms with E-state index in [1.54, 1.807) is 32.0 Å². The highest BCUT2D eigenvalue weighted by Gasteiger charge is 2.48. The van der Waals surface area contributed by atoms with Crippen LogP contribution < -0.4 is 15.0 Å². The summed E-state index contributed by atoms with van der Waals surface area (Å²) in [5.74, 6) is -1.36. The number of anilines is 2. The Morgan fingerprint density at radius 1 is 1.13 bits per heavy atom. The fourth-order valence-electron chi connectivity index (χ4n) is 6.08. The van der Waals surface area contributed by atoms with Crippen LogP contribution >= 0.6 is 0 Å². The van der Waals surface area contributed by atoms with Gasteiger partial charge in [-0.25, -0.2) is 17.8 Å². The van der Waals surface area contributed by atoms with Crippen molar-refractivity contribution in [2.24, 2.45) is 5.41 Å². The summed E-state index contributed by atoms with van der Waals surface area (Å²) >= 11 is 0. The lowest BCUT2D eigenvalue weighted by Crippen LogP contribution is -2.41. The van der Waals surface area contributed by atoms with Crippen molar-refractivity contribution in [3.05, 3.63) is 106 Å². The van der Waals surface area contributed by atoms with Gasteiger partial charge in [-0.15, -0.1) is 0 Å². The van der Waals surface area contributed by atoms with Crippen LogP contribution in [0.15, 0.2) is 75.7 Å². The molecule has 4 aromatic rings. The Balaban J connectivity index is 1.55. The monoisotopic (exact) mass is 633 g/mol. The molecular formula is C33H32FN3O7S. The molecule has 1 aromatic heterocycles. The van der Waals surface area contributed by atoms with Crippen LogP contribution in [-0.4, -0.2) is 35.3 Å². The van der Waals surface area contributed by atoms with Gasteiger partial charge in [0.25, 0.3) is 5.91 Å². The molecule has 3 heterocycles. The van der Waals surface area contributed by atoms with Gasteiger partial charge in [-0.2, -0.15) is 0 Å². The van der Waals surface area contributed by atoms with Crippen LogP contribution in [0.1, 0.15) is 59.6 Å². The number of nitrogens with one attached hydrogen (secondary N) is 1. The number of halogens is 1. The van der Waals surface area contributed by atoms with Crippen LogP contribution in [0.3, 0.4) is 0 Å². The minimum absolute atomic E-state index is 0.0430. The van der Waals surface area contributed by atoms with Gasteiger partial charge in [0.1, 0.15) is 47.2 Å². The highest BCUT2D eigenvalue weighted by Crippen LogP contribution is 2.52. The quantitative estimate of drug-likeness (QED) is 0.216. The van der Waals surface area contributed by atoms with Gasteiger partial charge in [0, 0.05) is 24.3 Å². The van der Waals surface area contributed by atoms with Gasteiger partial charge in [-0.3, -0.25) is 9.69 Å². The number of aromatic nitrogens is 1. The summed E-state index contributed by atoms with van der Waals surface area (Å²) in [6.45, 7) is 6.80. The SMILES string of the molecule is Cc1nc(C(=O)N2c3cccc(O)c3NC3=C(C2c2ccc(OCc4cccc(O)c4)cc2F)S(=O)(=O)CC(C)(C)C3)c(C)o1. The van der Waals surface area contributed by atoms with E-state index in [4.69, 9.17) is 9.15 Å². The zero-order valence-corrected chi connectivity index (χ0v) is 25.9. The van der Waals surface area contributed by atoms with Crippen molar-refractivity contribution in [1.82, 2.24) is 4.98 Å². The fourth-order valence-corrected chi connectivity index (χ4v) is 8.44. The number of carbonyl (C=O) groups is 1. The lowest BCUT2D eigenvalue weighted by Gasteiger charge is -2.37. The second kappa shape index (κ2) is 11.0. The van der Waals surface area contributed by atoms with E-state index >= 15 is 4.39 Å². The molecule has 0 saturated heterocycles. The van der Waals surface area contributed by atoms with Crippen molar-refractivity contribution in [1.29, 1.82) is 0 Å². The molecule has 0 aliphatic carbocycles. The highest BCUT2D eigenvalue weighted by atomic mass is 32.2. The van der Waals surface area contributed by atoms with Crippen molar-refractivity contribution in [3.8, 4) is 17.2 Å². The first-order valence-electron chi connectivity index (χ1n) is 14.3. The number of rotatable bonds is 5. The van der Waals surface area contributed by atoms with E-state index < -0.39 is 33.0 Å². The number of sulfone groups is 1. The number of para-hydroxylation sites is 1. The molecule has 3 N–H and O–H groups in total. The van der Waals surface area contributed by atoms with E-state index in [-0.39, 0.29) is 80.9 Å². The third-order valence-corrected chi connectivity index (χ3v) is 10.1. The molecule has 0 bridgehead atoms. The Bertz CT molecular complexity index is 1980. The summed E-state index contributed by atoms with van der Waals surface area (Å²) in [6.07, 6.45) is 0.253. The molecule has 0 spiro atoms. The number of nitrogens with zero attached hydrogens (tertiary/aromatic N) is 2. The van der Waals surface area contributed by atoms with Crippen LogP contribution in [-0.2, 0) is 16.4 Å². The van der Waals surface area contributed by atoms with Gasteiger partial charge < -0.3 is 24.7 Å². The minimum Gasteiger partial charge on any atom is -0.508 e. The molecule has 234 valence electrons. The molecule has 3 aromatic carbocycles. The second-order valence-electron chi connectivity index (χ2n) is 12.1. The van der Waals surface area contributed by atoms with Gasteiger partial charge in [0.05, 0.1) is 16.3 Å². The highest BCUT2D eigenvalue weighted by molar-refractivity contribution is 7.95. The van der Waals surface area contributed by atoms with Crippen molar-refractivity contribution in [3.63, 3.8) is 0 Å². The lowest BCUT2D eigenvalue weighted by atomic mass is 9.88. The molecule has 2 aliphatic rings. The predicted octanol–water partition coefficient (Wildman–Crippen LogP) is 6.29. The number of phenolic OH excluding ortho intramolecular Hbond substituents is 2. The third-order valence-electron chi connectivity index (χ3n) is 7.84. The normalized spacial score (nSPS) is 18.4. The number of fused-ring (bicyclic) bond motifs is 1. The molecular weight excluding hydrogens is 601 g/mol. The molecule has 6 rings (SSSR count). The van der Waals surface area contributed by atoms with E-state index in [1.807, 2.05) is 13.8 Å². The van der Waals surface area contributed by atoms with Gasteiger partial charge in [0.15, 0.2) is 21.4 Å². The van der Waals surface area contributed by atoms with Crippen LogP contribution in [0.25, 0.3) is 0 Å². The fraction of sp³-hybridized carbons (Fsp3) is 0.273. The number of aromatic hydroxyl groups is 2. The summed E-state index contributed by atoms with van der Waals surface area (Å²) in [7, 11) is -4.10. The van der Waals surface area contributed by atoms with Gasteiger partial charge in [-0.1, -0.05) is 32.0 Å². The van der Waals surface area contributed by atoms with Crippen molar-refractivity contribution < 1.29 is 37.0 Å². The van der Waals surface area contributed by atoms with E-state index in [9.17, 15) is 23.4 Å². The number of phenols is 2. The topological polar surface area (TPSA) is 142 Å². The number of oxazole rings is 1. The Hall–Kier alpha value is -4.84. The number of allylic oxidation sites excluding steroid dienone is 1. The number of benzene rings is 3. The summed E-state index contributed by atoms with van der Waals surface area (Å²) in [4.78, 5) is 19.7. The van der Waals surface area contributed by atoms with Crippen LogP contribution in [0, 0.1) is 25.1 Å². The Kier molecular flexibility index (Phi) is 7.35. The van der Waals surface area contributed by atoms with Crippen LogP contribution in [0.4, 0.5) is 15.8 Å². The van der Waals surface area contributed by atoms with E-state index in [1.165, 1.54) is 36.4 Å². The molecule has 0 saturated carbocycles. The molecule has 1 atom stereocenters. The molecule has 2 aliphatic heterocycles. The second-order valence-corrected chi connectivity index (χ2v) is 14.1. The maximum Gasteiger partial charge on any atom is 0.281 e. The maximum absolute atomic E-state index is 16.3. The standard InChI is InChI=1S/C33H32FN3O7S/c1-18-28(35-19(2)44-18)32(40)37-26-9-6-10-27(39)29(26)36-25-15-33(3,4)17-45(41,42)31(25)30(37)23-12-11-22(14-24(23)34)43-16-20-7-5-8-21(38)13-20/h5-14,30,36,38-39H,15-17H2,1-4H3.